The van der Waals surface area contributed by atoms with Gasteiger partial charge >= 0.3 is 0 Å². The molecule has 1 aliphatic heterocycles. The van der Waals surface area contributed by atoms with Crippen molar-refractivity contribution in [3.05, 3.63) is 29.8 Å². The Morgan fingerprint density at radius 1 is 1.14 bits per heavy atom. The van der Waals surface area contributed by atoms with E-state index in [0.717, 1.165) is 12.8 Å². The third kappa shape index (κ3) is 6.27. The van der Waals surface area contributed by atoms with Crippen molar-refractivity contribution >= 4 is 21.8 Å². The highest BCUT2D eigenvalue weighted by atomic mass is 32.2. The summed E-state index contributed by atoms with van der Waals surface area (Å²) in [5.74, 6) is 0.00971. The molecule has 0 aromatic heterocycles. The summed E-state index contributed by atoms with van der Waals surface area (Å²) >= 11 is 0. The quantitative estimate of drug-likeness (QED) is 0.762. The van der Waals surface area contributed by atoms with Crippen LogP contribution in [0.3, 0.4) is 0 Å². The van der Waals surface area contributed by atoms with Gasteiger partial charge in [0.2, 0.25) is 15.9 Å². The largest absolute Gasteiger partial charge is 0.350 e. The molecule has 0 aliphatic carbocycles. The van der Waals surface area contributed by atoms with Gasteiger partial charge in [-0.1, -0.05) is 6.92 Å². The Morgan fingerprint density at radius 2 is 1.69 bits per heavy atom. The van der Waals surface area contributed by atoms with Crippen LogP contribution >= 0.6 is 0 Å². The van der Waals surface area contributed by atoms with Gasteiger partial charge in [0.1, 0.15) is 0 Å². The molecular weight excluding hydrogens is 390 g/mol. The first-order valence-corrected chi connectivity index (χ1v) is 11.6. The first kappa shape index (κ1) is 23.3. The molecule has 0 atom stereocenters. The fourth-order valence-corrected chi connectivity index (χ4v) is 4.75. The molecule has 7 nitrogen and oxygen atoms in total. The maximum atomic E-state index is 12.8. The molecule has 1 N–H and O–H groups in total. The molecule has 0 unspecified atom stereocenters. The minimum absolute atomic E-state index is 0.0430. The molecule has 1 saturated heterocycles. The molecule has 0 radical (unpaired) electrons. The number of likely N-dealkylation sites (N-methyl/N-ethyl adjacent to an activating group) is 1. The standard InChI is InChI=1S/C21H33N3O4S/c1-6-23(15-19(25)22-21(3,4)5)20(26)17-7-9-18(10-8-17)29(27,28)24-13-11-16(2)12-14-24/h7-10,16H,6,11-15H2,1-5H3,(H,22,25). The third-order valence-electron chi connectivity index (χ3n) is 5.00. The van der Waals surface area contributed by atoms with Gasteiger partial charge in [0.25, 0.3) is 5.91 Å². The van der Waals surface area contributed by atoms with E-state index >= 15 is 0 Å². The van der Waals surface area contributed by atoms with Gasteiger partial charge in [-0.3, -0.25) is 9.59 Å². The summed E-state index contributed by atoms with van der Waals surface area (Å²) < 4.78 is 27.2. The number of hydrogen-bond donors (Lipinski definition) is 1. The smallest absolute Gasteiger partial charge is 0.254 e. The Balaban J connectivity index is 2.09. The van der Waals surface area contributed by atoms with Crippen LogP contribution in [-0.4, -0.2) is 61.2 Å². The zero-order valence-electron chi connectivity index (χ0n) is 18.1. The first-order valence-electron chi connectivity index (χ1n) is 10.1. The molecule has 1 aromatic carbocycles. The molecule has 2 amide bonds. The highest BCUT2D eigenvalue weighted by Crippen LogP contribution is 2.23. The lowest BCUT2D eigenvalue weighted by atomic mass is 10.0. The Kier molecular flexibility index (Phi) is 7.45. The van der Waals surface area contributed by atoms with Crippen molar-refractivity contribution in [2.45, 2.75) is 57.9 Å². The number of nitrogens with zero attached hydrogens (tertiary/aromatic N) is 2. The van der Waals surface area contributed by atoms with Gasteiger partial charge in [0.05, 0.1) is 11.4 Å². The van der Waals surface area contributed by atoms with E-state index in [1.165, 1.54) is 33.5 Å². The monoisotopic (exact) mass is 423 g/mol. The van der Waals surface area contributed by atoms with E-state index in [9.17, 15) is 18.0 Å². The summed E-state index contributed by atoms with van der Waals surface area (Å²) in [6.07, 6.45) is 1.72. The van der Waals surface area contributed by atoms with Crippen LogP contribution in [0.15, 0.2) is 29.2 Å². The van der Waals surface area contributed by atoms with E-state index < -0.39 is 10.0 Å². The van der Waals surface area contributed by atoms with Crippen molar-refractivity contribution in [3.8, 4) is 0 Å². The zero-order valence-corrected chi connectivity index (χ0v) is 18.9. The Morgan fingerprint density at radius 3 is 2.17 bits per heavy atom. The Bertz CT molecular complexity index is 820. The van der Waals surface area contributed by atoms with Crippen LogP contribution in [0.25, 0.3) is 0 Å². The minimum Gasteiger partial charge on any atom is -0.350 e. The van der Waals surface area contributed by atoms with Crippen LogP contribution in [0.2, 0.25) is 0 Å². The van der Waals surface area contributed by atoms with E-state index in [1.54, 1.807) is 6.92 Å². The molecule has 8 heteroatoms. The summed E-state index contributed by atoms with van der Waals surface area (Å²) in [5.41, 5.74) is -0.0106. The van der Waals surface area contributed by atoms with Crippen LogP contribution in [0, 0.1) is 5.92 Å². The number of carbonyl (C=O) groups is 2. The van der Waals surface area contributed by atoms with Crippen molar-refractivity contribution in [1.82, 2.24) is 14.5 Å². The average Bonchev–Trinajstić information content (AvgIpc) is 2.64. The second-order valence-corrected chi connectivity index (χ2v) is 10.7. The zero-order chi connectivity index (χ0) is 21.8. The molecule has 0 spiro atoms. The third-order valence-corrected chi connectivity index (χ3v) is 6.91. The van der Waals surface area contributed by atoms with Crippen LogP contribution in [0.1, 0.15) is 57.8 Å². The van der Waals surface area contributed by atoms with Crippen LogP contribution in [0.5, 0.6) is 0 Å². The second kappa shape index (κ2) is 9.26. The van der Waals surface area contributed by atoms with Crippen LogP contribution in [0.4, 0.5) is 0 Å². The number of nitrogens with one attached hydrogen (secondary N) is 1. The van der Waals surface area contributed by atoms with Crippen molar-refractivity contribution in [2.75, 3.05) is 26.2 Å². The summed E-state index contributed by atoms with van der Waals surface area (Å²) in [6.45, 7) is 11.0. The Hall–Kier alpha value is -1.93. The fourth-order valence-electron chi connectivity index (χ4n) is 3.28. The number of carbonyl (C=O) groups excluding carboxylic acids is 2. The lowest BCUT2D eigenvalue weighted by Crippen LogP contribution is -2.47. The van der Waals surface area contributed by atoms with Gasteiger partial charge in [-0.2, -0.15) is 4.31 Å². The molecular formula is C21H33N3O4S. The van der Waals surface area contributed by atoms with Gasteiger partial charge in [-0.15, -0.1) is 0 Å². The van der Waals surface area contributed by atoms with E-state index in [4.69, 9.17) is 0 Å². The normalized spacial score (nSPS) is 16.4. The van der Waals surface area contributed by atoms with E-state index in [2.05, 4.69) is 12.2 Å². The Labute approximate surface area is 174 Å². The van der Waals surface area contributed by atoms with E-state index in [-0.39, 0.29) is 28.8 Å². The number of amides is 2. The molecule has 1 aromatic rings. The molecule has 0 bridgehead atoms. The van der Waals surface area contributed by atoms with Crippen molar-refractivity contribution in [1.29, 1.82) is 0 Å². The highest BCUT2D eigenvalue weighted by Gasteiger charge is 2.28. The van der Waals surface area contributed by atoms with Gasteiger partial charge in [-0.25, -0.2) is 8.42 Å². The number of piperidine rings is 1. The van der Waals surface area contributed by atoms with Crippen molar-refractivity contribution < 1.29 is 18.0 Å². The minimum atomic E-state index is -3.55. The number of sulfonamides is 1. The van der Waals surface area contributed by atoms with Crippen molar-refractivity contribution in [3.63, 3.8) is 0 Å². The maximum Gasteiger partial charge on any atom is 0.254 e. The second-order valence-electron chi connectivity index (χ2n) is 8.73. The number of hydrogen-bond acceptors (Lipinski definition) is 4. The average molecular weight is 424 g/mol. The number of rotatable bonds is 6. The SMILES string of the molecule is CCN(CC(=O)NC(C)(C)C)C(=O)c1ccc(S(=O)(=O)N2CCC(C)CC2)cc1. The summed E-state index contributed by atoms with van der Waals surface area (Å²) in [7, 11) is -3.55. The summed E-state index contributed by atoms with van der Waals surface area (Å²) in [6, 6.07) is 5.99. The summed E-state index contributed by atoms with van der Waals surface area (Å²) in [5, 5.41) is 2.84. The fraction of sp³-hybridized carbons (Fsp3) is 0.619. The van der Waals surface area contributed by atoms with E-state index in [1.807, 2.05) is 20.8 Å². The van der Waals surface area contributed by atoms with Gasteiger partial charge in [0, 0.05) is 30.7 Å². The number of benzene rings is 1. The predicted octanol–water partition coefficient (Wildman–Crippen LogP) is 2.48. The molecule has 162 valence electrons. The lowest BCUT2D eigenvalue weighted by Gasteiger charge is -2.29. The highest BCUT2D eigenvalue weighted by molar-refractivity contribution is 7.89. The molecule has 1 heterocycles. The topological polar surface area (TPSA) is 86.8 Å². The summed E-state index contributed by atoms with van der Waals surface area (Å²) in [4.78, 5) is 26.6. The van der Waals surface area contributed by atoms with Gasteiger partial charge in [-0.05, 0) is 70.7 Å². The van der Waals surface area contributed by atoms with Crippen molar-refractivity contribution in [2.24, 2.45) is 5.92 Å². The molecule has 29 heavy (non-hydrogen) atoms. The molecule has 0 saturated carbocycles. The molecule has 2 rings (SSSR count). The maximum absolute atomic E-state index is 12.8. The molecule has 1 fully saturated rings. The lowest BCUT2D eigenvalue weighted by molar-refractivity contribution is -0.123. The van der Waals surface area contributed by atoms with Gasteiger partial charge < -0.3 is 10.2 Å². The van der Waals surface area contributed by atoms with E-state index in [0.29, 0.717) is 31.1 Å². The first-order chi connectivity index (χ1) is 13.4. The van der Waals surface area contributed by atoms with Crippen LogP contribution < -0.4 is 5.32 Å². The predicted molar refractivity (Wildman–Crippen MR) is 113 cm³/mol. The van der Waals surface area contributed by atoms with Crippen LogP contribution in [-0.2, 0) is 14.8 Å². The molecule has 1 aliphatic rings. The van der Waals surface area contributed by atoms with Gasteiger partial charge in [0.15, 0.2) is 0 Å².